The number of hydrogen-bond acceptors (Lipinski definition) is 4. The van der Waals surface area contributed by atoms with Gasteiger partial charge < -0.3 is 10.2 Å². The van der Waals surface area contributed by atoms with Gasteiger partial charge in [0.05, 0.1) is 6.20 Å². The molecule has 5 heteroatoms. The van der Waals surface area contributed by atoms with E-state index in [1.807, 2.05) is 30.7 Å². The lowest BCUT2D eigenvalue weighted by atomic mass is 10.0. The minimum absolute atomic E-state index is 0.592. The first kappa shape index (κ1) is 12.2. The van der Waals surface area contributed by atoms with Crippen molar-refractivity contribution in [3.63, 3.8) is 0 Å². The first-order valence-corrected chi connectivity index (χ1v) is 6.79. The fraction of sp³-hybridized carbons (Fsp3) is 0.429. The average Bonchev–Trinajstić information content (AvgIpc) is 3.00. The van der Waals surface area contributed by atoms with E-state index in [0.29, 0.717) is 6.04 Å². The van der Waals surface area contributed by atoms with Crippen LogP contribution in [0.15, 0.2) is 36.8 Å². The molecule has 19 heavy (non-hydrogen) atoms. The number of hydrogen-bond donors (Lipinski definition) is 2. The van der Waals surface area contributed by atoms with Gasteiger partial charge in [0.25, 0.3) is 0 Å². The van der Waals surface area contributed by atoms with Crippen LogP contribution in [0.5, 0.6) is 0 Å². The molecule has 3 heterocycles. The Labute approximate surface area is 113 Å². The van der Waals surface area contributed by atoms with E-state index in [1.165, 1.54) is 5.56 Å². The fourth-order valence-electron chi connectivity index (χ4n) is 2.49. The van der Waals surface area contributed by atoms with Crippen LogP contribution in [-0.4, -0.2) is 34.3 Å². The molecule has 2 aromatic rings. The van der Waals surface area contributed by atoms with Crippen LogP contribution in [0, 0.1) is 0 Å². The Balaban J connectivity index is 1.47. The number of aromatic nitrogens is 3. The minimum Gasteiger partial charge on any atom is -0.357 e. The van der Waals surface area contributed by atoms with Crippen LogP contribution in [0.25, 0.3) is 0 Å². The number of H-pyrrole nitrogens is 1. The number of piperidine rings is 1. The molecule has 5 nitrogen and oxygen atoms in total. The van der Waals surface area contributed by atoms with Crippen LogP contribution >= 0.6 is 0 Å². The molecule has 100 valence electrons. The molecule has 1 aliphatic heterocycles. The third-order valence-electron chi connectivity index (χ3n) is 3.62. The van der Waals surface area contributed by atoms with Gasteiger partial charge in [-0.2, -0.15) is 5.10 Å². The number of nitrogens with one attached hydrogen (secondary N) is 2. The summed E-state index contributed by atoms with van der Waals surface area (Å²) in [5.41, 5.74) is 1.21. The van der Waals surface area contributed by atoms with Crippen LogP contribution in [-0.2, 0) is 6.54 Å². The van der Waals surface area contributed by atoms with Crippen molar-refractivity contribution in [3.05, 3.63) is 42.4 Å². The summed E-state index contributed by atoms with van der Waals surface area (Å²) in [6, 6.07) is 6.68. The zero-order chi connectivity index (χ0) is 12.9. The normalized spacial score (nSPS) is 16.7. The average molecular weight is 257 g/mol. The molecule has 0 bridgehead atoms. The Morgan fingerprint density at radius 2 is 2.21 bits per heavy atom. The smallest absolute Gasteiger partial charge is 0.128 e. The molecule has 2 aromatic heterocycles. The maximum Gasteiger partial charge on any atom is 0.128 e. The van der Waals surface area contributed by atoms with Crippen molar-refractivity contribution in [1.29, 1.82) is 0 Å². The molecular weight excluding hydrogens is 238 g/mol. The van der Waals surface area contributed by atoms with Crippen molar-refractivity contribution >= 4 is 5.82 Å². The molecule has 0 radical (unpaired) electrons. The summed E-state index contributed by atoms with van der Waals surface area (Å²) in [6.45, 7) is 3.03. The van der Waals surface area contributed by atoms with E-state index in [1.54, 1.807) is 0 Å². The maximum atomic E-state index is 4.41. The highest BCUT2D eigenvalue weighted by atomic mass is 15.2. The predicted molar refractivity (Wildman–Crippen MR) is 74.9 cm³/mol. The third-order valence-corrected chi connectivity index (χ3v) is 3.62. The van der Waals surface area contributed by atoms with E-state index in [-0.39, 0.29) is 0 Å². The van der Waals surface area contributed by atoms with Gasteiger partial charge in [-0.25, -0.2) is 4.98 Å². The molecule has 1 aliphatic rings. The summed E-state index contributed by atoms with van der Waals surface area (Å²) < 4.78 is 0. The van der Waals surface area contributed by atoms with Crippen LogP contribution in [0.3, 0.4) is 0 Å². The van der Waals surface area contributed by atoms with Crippen molar-refractivity contribution in [2.24, 2.45) is 0 Å². The maximum absolute atomic E-state index is 4.41. The number of pyridine rings is 1. The van der Waals surface area contributed by atoms with Gasteiger partial charge in [-0.15, -0.1) is 0 Å². The summed E-state index contributed by atoms with van der Waals surface area (Å²) in [5.74, 6) is 1.09. The molecule has 2 N–H and O–H groups in total. The fourth-order valence-corrected chi connectivity index (χ4v) is 2.49. The van der Waals surface area contributed by atoms with E-state index < -0.39 is 0 Å². The second-order valence-corrected chi connectivity index (χ2v) is 4.94. The highest BCUT2D eigenvalue weighted by Crippen LogP contribution is 2.17. The van der Waals surface area contributed by atoms with Crippen LogP contribution < -0.4 is 10.2 Å². The Morgan fingerprint density at radius 3 is 2.89 bits per heavy atom. The van der Waals surface area contributed by atoms with Crippen molar-refractivity contribution in [3.8, 4) is 0 Å². The zero-order valence-electron chi connectivity index (χ0n) is 10.9. The van der Waals surface area contributed by atoms with Crippen LogP contribution in [0.2, 0.25) is 0 Å². The first-order valence-electron chi connectivity index (χ1n) is 6.79. The van der Waals surface area contributed by atoms with Crippen LogP contribution in [0.1, 0.15) is 18.4 Å². The summed E-state index contributed by atoms with van der Waals surface area (Å²) in [7, 11) is 0. The molecule has 1 saturated heterocycles. The lowest BCUT2D eigenvalue weighted by Crippen LogP contribution is -2.42. The van der Waals surface area contributed by atoms with E-state index in [9.17, 15) is 0 Å². The molecule has 0 aromatic carbocycles. The highest BCUT2D eigenvalue weighted by molar-refractivity contribution is 5.38. The van der Waals surface area contributed by atoms with Crippen molar-refractivity contribution < 1.29 is 0 Å². The molecule has 0 spiro atoms. The number of anilines is 1. The minimum atomic E-state index is 0.592. The van der Waals surface area contributed by atoms with Crippen molar-refractivity contribution in [2.45, 2.75) is 25.4 Å². The molecule has 0 saturated carbocycles. The summed E-state index contributed by atoms with van der Waals surface area (Å²) in [4.78, 5) is 6.76. The van der Waals surface area contributed by atoms with Gasteiger partial charge in [0.2, 0.25) is 0 Å². The topological polar surface area (TPSA) is 56.8 Å². The molecular formula is C14H19N5. The van der Waals surface area contributed by atoms with Gasteiger partial charge in [-0.05, 0) is 25.0 Å². The molecule has 0 atom stereocenters. The Hall–Kier alpha value is -1.88. The molecule has 3 rings (SSSR count). The van der Waals surface area contributed by atoms with E-state index in [2.05, 4.69) is 31.5 Å². The summed E-state index contributed by atoms with van der Waals surface area (Å²) in [6.07, 6.45) is 7.99. The second-order valence-electron chi connectivity index (χ2n) is 4.94. The SMILES string of the molecule is c1ccc(N2CCC(NCc3cn[nH]c3)CC2)nc1. The molecule has 0 amide bonds. The Kier molecular flexibility index (Phi) is 3.74. The monoisotopic (exact) mass is 257 g/mol. The van der Waals surface area contributed by atoms with Crippen molar-refractivity contribution in [2.75, 3.05) is 18.0 Å². The zero-order valence-corrected chi connectivity index (χ0v) is 10.9. The van der Waals surface area contributed by atoms with Gasteiger partial charge >= 0.3 is 0 Å². The number of nitrogens with zero attached hydrogens (tertiary/aromatic N) is 3. The quantitative estimate of drug-likeness (QED) is 0.873. The van der Waals surface area contributed by atoms with Gasteiger partial charge in [-0.1, -0.05) is 6.07 Å². The Morgan fingerprint density at radius 1 is 1.32 bits per heavy atom. The van der Waals surface area contributed by atoms with Crippen LogP contribution in [0.4, 0.5) is 5.82 Å². The summed E-state index contributed by atoms with van der Waals surface area (Å²) in [5, 5.41) is 10.4. The number of rotatable bonds is 4. The summed E-state index contributed by atoms with van der Waals surface area (Å²) >= 11 is 0. The lowest BCUT2D eigenvalue weighted by molar-refractivity contribution is 0.413. The Bertz CT molecular complexity index is 474. The third kappa shape index (κ3) is 3.12. The predicted octanol–water partition coefficient (Wildman–Crippen LogP) is 1.56. The van der Waals surface area contributed by atoms with E-state index in [0.717, 1.165) is 38.3 Å². The molecule has 0 unspecified atom stereocenters. The second kappa shape index (κ2) is 5.84. The van der Waals surface area contributed by atoms with E-state index in [4.69, 9.17) is 0 Å². The van der Waals surface area contributed by atoms with Gasteiger partial charge in [0.1, 0.15) is 5.82 Å². The largest absolute Gasteiger partial charge is 0.357 e. The van der Waals surface area contributed by atoms with Crippen molar-refractivity contribution in [1.82, 2.24) is 20.5 Å². The molecule has 0 aliphatic carbocycles. The highest BCUT2D eigenvalue weighted by Gasteiger charge is 2.19. The standard InChI is InChI=1S/C14H19N5/c1-2-6-15-14(3-1)19-7-4-13(5-8-19)16-9-12-10-17-18-11-12/h1-3,6,10-11,13,16H,4-5,7-9H2,(H,17,18). The lowest BCUT2D eigenvalue weighted by Gasteiger charge is -2.33. The van der Waals surface area contributed by atoms with Gasteiger partial charge in [-0.3, -0.25) is 5.10 Å². The number of aromatic amines is 1. The van der Waals surface area contributed by atoms with Gasteiger partial charge in [0, 0.05) is 43.6 Å². The van der Waals surface area contributed by atoms with Gasteiger partial charge in [0.15, 0.2) is 0 Å². The van der Waals surface area contributed by atoms with E-state index >= 15 is 0 Å². The first-order chi connectivity index (χ1) is 9.42. The molecule has 1 fully saturated rings.